The van der Waals surface area contributed by atoms with Crippen LogP contribution in [0.25, 0.3) is 45.0 Å². The Morgan fingerprint density at radius 2 is 0.714 bits per heavy atom. The Balaban J connectivity index is 0.000000220. The molecule has 0 bridgehead atoms. The molecule has 8 heteroatoms. The van der Waals surface area contributed by atoms with Gasteiger partial charge in [0.25, 0.3) is 0 Å². The summed E-state index contributed by atoms with van der Waals surface area (Å²) in [6.07, 6.45) is 21.4. The van der Waals surface area contributed by atoms with E-state index in [0.717, 1.165) is 31.6 Å². The van der Waals surface area contributed by atoms with Crippen molar-refractivity contribution < 1.29 is 18.3 Å². The molecule has 4 aromatic heterocycles. The van der Waals surface area contributed by atoms with Crippen LogP contribution in [-0.4, -0.2) is 53.1 Å². The molecule has 0 radical (unpaired) electrons. The average Bonchev–Trinajstić information content (AvgIpc) is 1.09. The fraction of sp³-hybridized carbons (Fsp3) is 0.546. The molecular formula is C97H152Ge4N4+4. The predicted octanol–water partition coefficient (Wildman–Crippen LogP) is 22.6. The SMILES string of the molecule is Cc1cc(C(C)(C)C)ccc1-c1cc(CC(C)(C)C)[c]([Ge]([CH3])([CH3])[CH3])c[n+]1C.Cc1cc(C(C)C)ccc1-c1cc(CC(C)(C)C)[c]([Ge]([CH3])([CH3])[CH3])c[n+]1C.Cc1cc(CC(C)C)ccc1-c1cc(CC(C)(C)C)[c]([Ge]([CH3])([CH3])[CH3])c[n+]1C.Cc1ccc(C)c(-c2cc(CC3CCCC3)[c]([Ge]([CH3])([CH3])[CH3])c[n+]2C)c1. The fourth-order valence-electron chi connectivity index (χ4n) is 15.8. The molecule has 1 aliphatic carbocycles. The molecule has 0 N–H and O–H groups in total. The quantitative estimate of drug-likeness (QED) is 0.0677. The summed E-state index contributed by atoms with van der Waals surface area (Å²) in [5, 5.41) is 0. The van der Waals surface area contributed by atoms with E-state index in [1.54, 1.807) is 39.8 Å². The van der Waals surface area contributed by atoms with Crippen LogP contribution in [0.5, 0.6) is 0 Å². The number of aryl methyl sites for hydroxylation is 9. The van der Waals surface area contributed by atoms with Crippen molar-refractivity contribution in [3.05, 3.63) is 189 Å². The topological polar surface area (TPSA) is 15.5 Å². The van der Waals surface area contributed by atoms with Crippen molar-refractivity contribution in [1.82, 2.24) is 0 Å². The van der Waals surface area contributed by atoms with Crippen LogP contribution in [0, 0.1) is 62.7 Å². The standard InChI is InChI=1S/2C25H40GeN.C24H38GeN.C23H34GeN/c1-18-14-20(25(5,6)7)12-13-21(18)23-15-19(16-24(2,3)4)22(17-27(23)11)26(8,9)10;1-18(2)13-20-11-12-22(19(3)14-20)24-15-21(16-25(4,5)6)23(17-27(24)10)26(7,8)9;1-17(2)19-11-12-21(18(3)13-19)23-14-20(15-24(4,5)6)22(16-26(23)10)25(7,8)9;1-17-11-12-18(2)21(13-17)23-15-20(14-19-9-7-8-10-19)22(16-25(23)6)24(3,4)5/h12-15,17H,16H2,1-11H3;11-12,14-15,17-18H,13,16H2,1-10H3;11-14,16-17H,15H2,1-10H3;11-13,15-16,19H,7-10,14H2,1-6H3/q4*+1. The van der Waals surface area contributed by atoms with Crippen LogP contribution in [0.4, 0.5) is 0 Å². The van der Waals surface area contributed by atoms with Gasteiger partial charge < -0.3 is 0 Å². The Bertz CT molecular complexity index is 4290. The van der Waals surface area contributed by atoms with Crippen LogP contribution < -0.4 is 35.9 Å². The molecule has 0 saturated heterocycles. The maximum absolute atomic E-state index is 2.53. The van der Waals surface area contributed by atoms with E-state index in [0.29, 0.717) is 28.1 Å². The summed E-state index contributed by atoms with van der Waals surface area (Å²) in [6.45, 7) is 48.3. The molecule has 1 aliphatic rings. The molecule has 4 nitrogen and oxygen atoms in total. The number of benzene rings is 4. The number of hydrogen-bond donors (Lipinski definition) is 0. The van der Waals surface area contributed by atoms with E-state index in [1.807, 2.05) is 0 Å². The van der Waals surface area contributed by atoms with E-state index in [1.165, 1.54) is 122 Å². The molecule has 0 spiro atoms. The van der Waals surface area contributed by atoms with Crippen LogP contribution in [0.3, 0.4) is 0 Å². The van der Waals surface area contributed by atoms with Crippen molar-refractivity contribution in [2.24, 2.45) is 56.3 Å². The second kappa shape index (κ2) is 35.3. The van der Waals surface area contributed by atoms with Crippen molar-refractivity contribution in [3.63, 3.8) is 0 Å². The monoisotopic (exact) mass is 1670 g/mol. The molecule has 0 atom stereocenters. The van der Waals surface area contributed by atoms with Crippen molar-refractivity contribution in [2.75, 3.05) is 0 Å². The average molecular weight is 1660 g/mol. The number of pyridine rings is 4. The van der Waals surface area contributed by atoms with Gasteiger partial charge >= 0.3 is 662 Å². The molecule has 572 valence electrons. The van der Waals surface area contributed by atoms with Crippen molar-refractivity contribution >= 4 is 70.6 Å². The third-order valence-corrected chi connectivity index (χ3v) is 38.6. The molecule has 1 fully saturated rings. The van der Waals surface area contributed by atoms with E-state index >= 15 is 0 Å². The molecule has 0 aliphatic heterocycles. The van der Waals surface area contributed by atoms with Crippen molar-refractivity contribution in [3.8, 4) is 45.0 Å². The first-order valence-corrected chi connectivity index (χ1v) is 69.8. The van der Waals surface area contributed by atoms with Gasteiger partial charge in [-0.05, 0) is 0 Å². The van der Waals surface area contributed by atoms with Gasteiger partial charge in [-0.25, -0.2) is 0 Å². The van der Waals surface area contributed by atoms with Crippen molar-refractivity contribution in [2.45, 2.75) is 284 Å². The normalized spacial score (nSPS) is 13.6. The van der Waals surface area contributed by atoms with Crippen LogP contribution >= 0.6 is 0 Å². The van der Waals surface area contributed by atoms with Gasteiger partial charge in [0, 0.05) is 0 Å². The Morgan fingerprint density at radius 1 is 0.371 bits per heavy atom. The van der Waals surface area contributed by atoms with Gasteiger partial charge in [0.1, 0.15) is 0 Å². The minimum atomic E-state index is -1.94. The second-order valence-electron chi connectivity index (χ2n) is 42.0. The van der Waals surface area contributed by atoms with Gasteiger partial charge in [0.05, 0.1) is 0 Å². The van der Waals surface area contributed by atoms with E-state index in [9.17, 15) is 0 Å². The molecule has 0 unspecified atom stereocenters. The Labute approximate surface area is 656 Å². The molecular weight excluding hydrogens is 1510 g/mol. The van der Waals surface area contributed by atoms with E-state index in [-0.39, 0.29) is 5.41 Å². The number of rotatable bonds is 16. The third kappa shape index (κ3) is 25.9. The summed E-state index contributed by atoms with van der Waals surface area (Å²) < 4.78 is 16.1. The number of nitrogens with zero attached hydrogens (tertiary/aromatic N) is 4. The van der Waals surface area contributed by atoms with Crippen LogP contribution in [-0.2, 0) is 65.7 Å². The minimum absolute atomic E-state index is 0.187. The third-order valence-electron chi connectivity index (χ3n) is 21.3. The first kappa shape index (κ1) is 89.5. The molecule has 1 saturated carbocycles. The number of aromatic nitrogens is 4. The van der Waals surface area contributed by atoms with Gasteiger partial charge in [0.15, 0.2) is 0 Å². The molecule has 8 aromatic rings. The van der Waals surface area contributed by atoms with E-state index in [2.05, 4.69) is 383 Å². The summed E-state index contributed by atoms with van der Waals surface area (Å²) in [5.74, 6) is 32.3. The Morgan fingerprint density at radius 3 is 1.05 bits per heavy atom. The number of hydrogen-bond acceptors (Lipinski definition) is 0. The summed E-state index contributed by atoms with van der Waals surface area (Å²) in [6, 6.07) is 37.8. The van der Waals surface area contributed by atoms with Gasteiger partial charge in [-0.15, -0.1) is 0 Å². The van der Waals surface area contributed by atoms with E-state index in [4.69, 9.17) is 0 Å². The van der Waals surface area contributed by atoms with Gasteiger partial charge in [-0.2, -0.15) is 0 Å². The second-order valence-corrected chi connectivity index (χ2v) is 84.3. The van der Waals surface area contributed by atoms with Crippen LogP contribution in [0.15, 0.2) is 122 Å². The molecule has 4 aromatic carbocycles. The summed E-state index contributed by atoms with van der Waals surface area (Å²) in [7, 11) is 8.87. The van der Waals surface area contributed by atoms with Gasteiger partial charge in [0.2, 0.25) is 0 Å². The van der Waals surface area contributed by atoms with Gasteiger partial charge in [-0.1, -0.05) is 0 Å². The zero-order chi connectivity index (χ0) is 79.4. The molecule has 9 rings (SSSR count). The maximum atomic E-state index is 2.53. The van der Waals surface area contributed by atoms with Crippen LogP contribution in [0.2, 0.25) is 69.1 Å². The zero-order valence-electron chi connectivity index (χ0n) is 74.4. The molecule has 4 heterocycles. The van der Waals surface area contributed by atoms with Crippen LogP contribution in [0.1, 0.15) is 209 Å². The Hall–Kier alpha value is -4.35. The fourth-order valence-corrected chi connectivity index (χ4v) is 30.1. The predicted molar refractivity (Wildman–Crippen MR) is 474 cm³/mol. The van der Waals surface area contributed by atoms with Gasteiger partial charge in [-0.3, -0.25) is 0 Å². The summed E-state index contributed by atoms with van der Waals surface area (Å²) in [4.78, 5) is 0. The summed E-state index contributed by atoms with van der Waals surface area (Å²) in [5.41, 5.74) is 29.4. The van der Waals surface area contributed by atoms with Crippen molar-refractivity contribution in [1.29, 1.82) is 0 Å². The zero-order valence-corrected chi connectivity index (χ0v) is 82.8. The molecule has 105 heavy (non-hydrogen) atoms. The summed E-state index contributed by atoms with van der Waals surface area (Å²) >= 11 is -7.69. The van der Waals surface area contributed by atoms with E-state index < -0.39 is 53.1 Å². The molecule has 0 amide bonds. The Kier molecular flexibility index (Phi) is 30.1. The first-order chi connectivity index (χ1) is 47.9. The first-order valence-electron chi connectivity index (χ1n) is 40.4.